The first kappa shape index (κ1) is 10.5. The van der Waals surface area contributed by atoms with Crippen LogP contribution in [0.25, 0.3) is 11.6 Å². The smallest absolute Gasteiger partial charge is 0.163 e. The molecule has 1 aromatic carbocycles. The second-order valence-corrected chi connectivity index (χ2v) is 4.81. The average molecular weight is 224 g/mol. The van der Waals surface area contributed by atoms with Crippen LogP contribution < -0.4 is 0 Å². The van der Waals surface area contributed by atoms with Gasteiger partial charge in [0.05, 0.1) is 0 Å². The highest BCUT2D eigenvalue weighted by Crippen LogP contribution is 2.45. The molecule has 0 fully saturated rings. The van der Waals surface area contributed by atoms with Crippen LogP contribution in [0.1, 0.15) is 43.7 Å². The van der Waals surface area contributed by atoms with E-state index in [1.807, 2.05) is 0 Å². The molecule has 2 aliphatic rings. The molecule has 2 aliphatic carbocycles. The Hall–Kier alpha value is -1.63. The zero-order valence-corrected chi connectivity index (χ0v) is 10.1. The fraction of sp³-hybridized carbons (Fsp3) is 0.312. The molecule has 1 aromatic rings. The summed E-state index contributed by atoms with van der Waals surface area (Å²) >= 11 is 0. The van der Waals surface area contributed by atoms with Crippen LogP contribution in [0.15, 0.2) is 35.4 Å². The predicted molar refractivity (Wildman–Crippen MR) is 70.5 cm³/mol. The Bertz CT molecular complexity index is 546. The number of hydrogen-bond donors (Lipinski definition) is 0. The van der Waals surface area contributed by atoms with Gasteiger partial charge in [-0.15, -0.1) is 0 Å². The Morgan fingerprint density at radius 3 is 2.88 bits per heavy atom. The molecule has 0 aromatic heterocycles. The summed E-state index contributed by atoms with van der Waals surface area (Å²) in [7, 11) is 0. The van der Waals surface area contributed by atoms with Gasteiger partial charge in [-0.1, -0.05) is 43.7 Å². The Labute approximate surface area is 102 Å². The minimum absolute atomic E-state index is 0.342. The second kappa shape index (κ2) is 3.99. The average Bonchev–Trinajstić information content (AvgIpc) is 2.82. The zero-order valence-electron chi connectivity index (χ0n) is 10.1. The molecule has 0 heterocycles. The van der Waals surface area contributed by atoms with E-state index >= 15 is 0 Å². The highest BCUT2D eigenvalue weighted by molar-refractivity contribution is 6.17. The van der Waals surface area contributed by atoms with Crippen LogP contribution in [0.2, 0.25) is 0 Å². The van der Waals surface area contributed by atoms with E-state index in [1.165, 1.54) is 22.3 Å². The Morgan fingerprint density at radius 1 is 1.24 bits per heavy atom. The van der Waals surface area contributed by atoms with Crippen LogP contribution in [-0.4, -0.2) is 5.78 Å². The van der Waals surface area contributed by atoms with Crippen molar-refractivity contribution in [1.82, 2.24) is 0 Å². The van der Waals surface area contributed by atoms with Gasteiger partial charge in [0.2, 0.25) is 0 Å². The highest BCUT2D eigenvalue weighted by atomic mass is 16.1. The van der Waals surface area contributed by atoms with Gasteiger partial charge in [-0.2, -0.15) is 0 Å². The maximum absolute atomic E-state index is 12.0. The molecule has 0 saturated carbocycles. The van der Waals surface area contributed by atoms with E-state index in [2.05, 4.69) is 37.3 Å². The number of Topliss-reactive ketones (excluding diaryl/α,β-unsaturated/α-hetero) is 1. The molecule has 0 aliphatic heterocycles. The third-order valence-corrected chi connectivity index (χ3v) is 3.65. The van der Waals surface area contributed by atoms with E-state index in [9.17, 15) is 4.79 Å². The third kappa shape index (κ3) is 1.57. The van der Waals surface area contributed by atoms with Gasteiger partial charge < -0.3 is 0 Å². The lowest BCUT2D eigenvalue weighted by Gasteiger charge is -2.05. The van der Waals surface area contributed by atoms with Crippen molar-refractivity contribution in [3.05, 3.63) is 46.5 Å². The molecule has 3 rings (SSSR count). The Morgan fingerprint density at radius 2 is 2.06 bits per heavy atom. The van der Waals surface area contributed by atoms with Crippen molar-refractivity contribution in [1.29, 1.82) is 0 Å². The van der Waals surface area contributed by atoms with Gasteiger partial charge in [0.15, 0.2) is 5.78 Å². The molecule has 0 atom stereocenters. The van der Waals surface area contributed by atoms with E-state index in [4.69, 9.17) is 0 Å². The number of unbranched alkanes of at least 4 members (excludes halogenated alkanes) is 1. The summed E-state index contributed by atoms with van der Waals surface area (Å²) in [5.74, 6) is 0.342. The van der Waals surface area contributed by atoms with E-state index < -0.39 is 0 Å². The zero-order chi connectivity index (χ0) is 11.8. The number of rotatable bonds is 3. The second-order valence-electron chi connectivity index (χ2n) is 4.81. The van der Waals surface area contributed by atoms with Gasteiger partial charge in [0.1, 0.15) is 0 Å². The van der Waals surface area contributed by atoms with Gasteiger partial charge in [-0.3, -0.25) is 4.79 Å². The van der Waals surface area contributed by atoms with Crippen LogP contribution in [-0.2, 0) is 4.79 Å². The summed E-state index contributed by atoms with van der Waals surface area (Å²) < 4.78 is 0. The molecule has 0 N–H and O–H groups in total. The van der Waals surface area contributed by atoms with Gasteiger partial charge in [0, 0.05) is 12.0 Å². The topological polar surface area (TPSA) is 17.1 Å². The van der Waals surface area contributed by atoms with Crippen molar-refractivity contribution < 1.29 is 4.79 Å². The first-order chi connectivity index (χ1) is 8.31. The van der Waals surface area contributed by atoms with Crippen LogP contribution in [0.5, 0.6) is 0 Å². The minimum Gasteiger partial charge on any atom is -0.294 e. The van der Waals surface area contributed by atoms with E-state index in [-0.39, 0.29) is 0 Å². The summed E-state index contributed by atoms with van der Waals surface area (Å²) in [6, 6.07) is 8.39. The molecule has 0 unspecified atom stereocenters. The Kier molecular flexibility index (Phi) is 2.47. The summed E-state index contributed by atoms with van der Waals surface area (Å²) in [6.07, 6.45) is 5.99. The predicted octanol–water partition coefficient (Wildman–Crippen LogP) is 4.00. The molecule has 17 heavy (non-hydrogen) atoms. The number of ketones is 1. The minimum atomic E-state index is 0.342. The Balaban J connectivity index is 2.09. The largest absolute Gasteiger partial charge is 0.294 e. The molecule has 0 bridgehead atoms. The molecule has 0 amide bonds. The lowest BCUT2D eigenvalue weighted by atomic mass is 9.98. The third-order valence-electron chi connectivity index (χ3n) is 3.65. The van der Waals surface area contributed by atoms with E-state index in [0.717, 1.165) is 24.8 Å². The fourth-order valence-electron chi connectivity index (χ4n) is 2.82. The van der Waals surface area contributed by atoms with Crippen LogP contribution in [0, 0.1) is 0 Å². The van der Waals surface area contributed by atoms with Gasteiger partial charge in [-0.25, -0.2) is 0 Å². The van der Waals surface area contributed by atoms with Crippen molar-refractivity contribution in [3.63, 3.8) is 0 Å². The molecule has 0 spiro atoms. The normalized spacial score (nSPS) is 17.2. The summed E-state index contributed by atoms with van der Waals surface area (Å²) in [5.41, 5.74) is 6.10. The highest BCUT2D eigenvalue weighted by Gasteiger charge is 2.31. The molecular weight excluding hydrogens is 208 g/mol. The van der Waals surface area contributed by atoms with Crippen molar-refractivity contribution in [3.8, 4) is 0 Å². The lowest BCUT2D eigenvalue weighted by Crippen LogP contribution is -1.97. The van der Waals surface area contributed by atoms with Crippen molar-refractivity contribution in [2.45, 2.75) is 32.6 Å². The number of carbonyl (C=O) groups is 1. The number of benzene rings is 1. The number of fused-ring (bicyclic) bond motifs is 3. The molecule has 0 radical (unpaired) electrons. The standard InChI is InChI=1S/C16H16O/c1-2-3-7-14-15(17)10-12-9-11-6-4-5-8-13(11)16(12)14/h4-6,8-9H,2-3,7,10H2,1H3. The molecule has 86 valence electrons. The van der Waals surface area contributed by atoms with Crippen molar-refractivity contribution >= 4 is 17.4 Å². The first-order valence-corrected chi connectivity index (χ1v) is 6.38. The summed E-state index contributed by atoms with van der Waals surface area (Å²) in [5, 5.41) is 0. The summed E-state index contributed by atoms with van der Waals surface area (Å²) in [4.78, 5) is 12.0. The SMILES string of the molecule is CCCCC1=C2C(=Cc3ccccc32)CC1=O. The molecular formula is C16H16O. The van der Waals surface area contributed by atoms with Crippen LogP contribution >= 0.6 is 0 Å². The maximum atomic E-state index is 12.0. The van der Waals surface area contributed by atoms with E-state index in [0.29, 0.717) is 12.2 Å². The number of hydrogen-bond acceptors (Lipinski definition) is 1. The monoisotopic (exact) mass is 224 g/mol. The fourth-order valence-corrected chi connectivity index (χ4v) is 2.82. The summed E-state index contributed by atoms with van der Waals surface area (Å²) in [6.45, 7) is 2.17. The number of carbonyl (C=O) groups excluding carboxylic acids is 1. The van der Waals surface area contributed by atoms with Crippen LogP contribution in [0.4, 0.5) is 0 Å². The molecule has 0 saturated heterocycles. The van der Waals surface area contributed by atoms with Gasteiger partial charge >= 0.3 is 0 Å². The van der Waals surface area contributed by atoms with Gasteiger partial charge in [0.25, 0.3) is 0 Å². The maximum Gasteiger partial charge on any atom is 0.163 e. The number of allylic oxidation sites excluding steroid dienone is 3. The first-order valence-electron chi connectivity index (χ1n) is 6.38. The molecule has 1 heteroatoms. The van der Waals surface area contributed by atoms with E-state index in [1.54, 1.807) is 0 Å². The van der Waals surface area contributed by atoms with Crippen molar-refractivity contribution in [2.75, 3.05) is 0 Å². The van der Waals surface area contributed by atoms with Crippen LogP contribution in [0.3, 0.4) is 0 Å². The lowest BCUT2D eigenvalue weighted by molar-refractivity contribution is -0.114. The van der Waals surface area contributed by atoms with Crippen molar-refractivity contribution in [2.24, 2.45) is 0 Å². The van der Waals surface area contributed by atoms with Gasteiger partial charge in [-0.05, 0) is 35.1 Å². The molecule has 1 nitrogen and oxygen atoms in total. The quantitative estimate of drug-likeness (QED) is 0.758.